The summed E-state index contributed by atoms with van der Waals surface area (Å²) >= 11 is 0. The molecule has 0 spiro atoms. The van der Waals surface area contributed by atoms with Gasteiger partial charge in [-0.15, -0.1) is 0 Å². The molecule has 11 heteroatoms. The van der Waals surface area contributed by atoms with E-state index in [-0.39, 0.29) is 36.3 Å². The van der Waals surface area contributed by atoms with E-state index in [4.69, 9.17) is 15.2 Å². The highest BCUT2D eigenvalue weighted by molar-refractivity contribution is 6.06. The van der Waals surface area contributed by atoms with Crippen LogP contribution < -0.4 is 15.8 Å². The van der Waals surface area contributed by atoms with Crippen LogP contribution in [0.1, 0.15) is 48.3 Å². The summed E-state index contributed by atoms with van der Waals surface area (Å²) in [5.41, 5.74) is 9.06. The SMILES string of the molecule is CC(C)COC(=O)/N=C(\N)c1ccc2cc(C(=O)NC3CCN(C)CC3)n(Cc3cc(Oc4ncccn4)cc4ccccc34)c2c1. The van der Waals surface area contributed by atoms with Crippen molar-refractivity contribution in [3.05, 3.63) is 95.9 Å². The first kappa shape index (κ1) is 31.7. The average molecular weight is 634 g/mol. The third-order valence-electron chi connectivity index (χ3n) is 8.24. The summed E-state index contributed by atoms with van der Waals surface area (Å²) in [6, 6.07) is 21.4. The van der Waals surface area contributed by atoms with Crippen LogP contribution in [-0.2, 0) is 11.3 Å². The number of amides is 2. The molecule has 5 aromatic rings. The number of aliphatic imine (C=N–C) groups is 1. The van der Waals surface area contributed by atoms with Crippen LogP contribution in [0.4, 0.5) is 4.79 Å². The Morgan fingerprint density at radius 3 is 2.53 bits per heavy atom. The number of piperidine rings is 1. The molecule has 0 atom stereocenters. The van der Waals surface area contributed by atoms with Gasteiger partial charge in [-0.3, -0.25) is 4.79 Å². The highest BCUT2D eigenvalue weighted by Gasteiger charge is 2.23. The molecule has 3 aromatic carbocycles. The largest absolute Gasteiger partial charge is 0.448 e. The van der Waals surface area contributed by atoms with Crippen LogP contribution in [0.3, 0.4) is 0 Å². The van der Waals surface area contributed by atoms with Crippen molar-refractivity contribution < 1.29 is 19.1 Å². The number of carbonyl (C=O) groups excluding carboxylic acids is 2. The number of nitrogens with zero attached hydrogens (tertiary/aromatic N) is 5. The van der Waals surface area contributed by atoms with Crippen molar-refractivity contribution in [1.29, 1.82) is 0 Å². The summed E-state index contributed by atoms with van der Waals surface area (Å²) in [4.78, 5) is 40.9. The van der Waals surface area contributed by atoms with E-state index < -0.39 is 6.09 Å². The second-order valence-corrected chi connectivity index (χ2v) is 12.3. The Hall–Kier alpha value is -5.29. The summed E-state index contributed by atoms with van der Waals surface area (Å²) in [5, 5.41) is 6.12. The molecular formula is C36H39N7O4. The normalized spacial score (nSPS) is 14.5. The molecular weight excluding hydrogens is 594 g/mol. The van der Waals surface area contributed by atoms with Crippen LogP contribution in [0.5, 0.6) is 11.8 Å². The van der Waals surface area contributed by atoms with Crippen molar-refractivity contribution >= 4 is 39.5 Å². The van der Waals surface area contributed by atoms with Crippen LogP contribution in [-0.4, -0.2) is 70.1 Å². The first-order chi connectivity index (χ1) is 22.7. The molecule has 0 saturated carbocycles. The van der Waals surface area contributed by atoms with Gasteiger partial charge in [0, 0.05) is 41.4 Å². The van der Waals surface area contributed by atoms with Gasteiger partial charge in [0.25, 0.3) is 5.91 Å². The Morgan fingerprint density at radius 2 is 1.77 bits per heavy atom. The maximum Gasteiger partial charge on any atom is 0.435 e. The van der Waals surface area contributed by atoms with E-state index in [1.54, 1.807) is 24.5 Å². The number of likely N-dealkylation sites (tertiary alicyclic amines) is 1. The van der Waals surface area contributed by atoms with Crippen LogP contribution in [0.15, 0.2) is 84.1 Å². The Labute approximate surface area is 273 Å². The van der Waals surface area contributed by atoms with E-state index in [1.165, 1.54) is 0 Å². The summed E-state index contributed by atoms with van der Waals surface area (Å²) in [5.74, 6) is 0.644. The zero-order valence-electron chi connectivity index (χ0n) is 26.8. The van der Waals surface area contributed by atoms with Gasteiger partial charge >= 0.3 is 12.1 Å². The van der Waals surface area contributed by atoms with E-state index in [1.807, 2.05) is 66.9 Å². The highest BCUT2D eigenvalue weighted by Crippen LogP contribution is 2.31. The molecule has 0 radical (unpaired) electrons. The molecule has 1 fully saturated rings. The number of aromatic nitrogens is 3. The number of nitrogens with two attached hydrogens (primary N) is 1. The maximum atomic E-state index is 13.9. The van der Waals surface area contributed by atoms with Gasteiger partial charge in [-0.1, -0.05) is 50.2 Å². The van der Waals surface area contributed by atoms with Gasteiger partial charge < -0.3 is 30.0 Å². The minimum atomic E-state index is -0.740. The van der Waals surface area contributed by atoms with Crippen molar-refractivity contribution in [1.82, 2.24) is 24.8 Å². The predicted molar refractivity (Wildman–Crippen MR) is 182 cm³/mol. The molecule has 0 unspecified atom stereocenters. The second-order valence-electron chi connectivity index (χ2n) is 12.3. The fourth-order valence-electron chi connectivity index (χ4n) is 5.78. The topological polar surface area (TPSA) is 137 Å². The number of hydrogen-bond donors (Lipinski definition) is 2. The zero-order chi connectivity index (χ0) is 32.9. The zero-order valence-corrected chi connectivity index (χ0v) is 26.8. The van der Waals surface area contributed by atoms with Crippen molar-refractivity contribution in [3.63, 3.8) is 0 Å². The lowest BCUT2D eigenvalue weighted by Gasteiger charge is -2.29. The Morgan fingerprint density at radius 1 is 1.00 bits per heavy atom. The summed E-state index contributed by atoms with van der Waals surface area (Å²) in [6.07, 6.45) is 4.29. The van der Waals surface area contributed by atoms with Crippen molar-refractivity contribution in [2.75, 3.05) is 26.7 Å². The molecule has 242 valence electrons. The van der Waals surface area contributed by atoms with Crippen molar-refractivity contribution in [2.45, 2.75) is 39.3 Å². The molecule has 1 aliphatic rings. The van der Waals surface area contributed by atoms with Gasteiger partial charge in [0.1, 0.15) is 17.3 Å². The van der Waals surface area contributed by atoms with Gasteiger partial charge in [0.2, 0.25) is 0 Å². The van der Waals surface area contributed by atoms with E-state index in [2.05, 4.69) is 38.3 Å². The highest BCUT2D eigenvalue weighted by atomic mass is 16.5. The second kappa shape index (κ2) is 14.0. The van der Waals surface area contributed by atoms with Crippen LogP contribution in [0.25, 0.3) is 21.7 Å². The van der Waals surface area contributed by atoms with Crippen LogP contribution >= 0.6 is 0 Å². The number of ether oxygens (including phenoxy) is 2. The van der Waals surface area contributed by atoms with Crippen LogP contribution in [0.2, 0.25) is 0 Å². The summed E-state index contributed by atoms with van der Waals surface area (Å²) in [6.45, 7) is 6.36. The standard InChI is InChI=1S/C36H39N7O4/c1-23(2)22-46-36(45)41-33(37)26-10-9-25-19-32(34(44)40-28-11-15-42(3)16-12-28)43(31(25)20-26)21-27-18-29(47-35-38-13-6-14-39-35)17-24-7-4-5-8-30(24)27/h4-10,13-14,17-20,23,28H,11-12,15-16,21-22H2,1-3H3,(H,40,44)(H2,37,41,45). The molecule has 47 heavy (non-hydrogen) atoms. The van der Waals surface area contributed by atoms with Crippen molar-refractivity contribution in [3.8, 4) is 11.8 Å². The fraction of sp³-hybridized carbons (Fsp3) is 0.306. The van der Waals surface area contributed by atoms with Gasteiger partial charge in [-0.2, -0.15) is 4.99 Å². The number of rotatable bonds is 9. The number of benzene rings is 3. The van der Waals surface area contributed by atoms with Gasteiger partial charge in [-0.05, 0) is 85.6 Å². The maximum absolute atomic E-state index is 13.9. The first-order valence-electron chi connectivity index (χ1n) is 15.8. The lowest BCUT2D eigenvalue weighted by molar-refractivity contribution is 0.0908. The number of hydrogen-bond acceptors (Lipinski definition) is 7. The number of carbonyl (C=O) groups is 2. The first-order valence-corrected chi connectivity index (χ1v) is 15.8. The molecule has 2 amide bonds. The molecule has 1 saturated heterocycles. The van der Waals surface area contributed by atoms with Crippen molar-refractivity contribution in [2.24, 2.45) is 16.6 Å². The summed E-state index contributed by atoms with van der Waals surface area (Å²) < 4.78 is 13.2. The van der Waals surface area contributed by atoms with Gasteiger partial charge in [0.15, 0.2) is 0 Å². The molecule has 6 rings (SSSR count). The monoisotopic (exact) mass is 633 g/mol. The van der Waals surface area contributed by atoms with E-state index in [0.717, 1.165) is 53.2 Å². The van der Waals surface area contributed by atoms with E-state index in [9.17, 15) is 9.59 Å². The Bertz CT molecular complexity index is 1930. The van der Waals surface area contributed by atoms with Crippen LogP contribution in [0, 0.1) is 5.92 Å². The van der Waals surface area contributed by atoms with Gasteiger partial charge in [0.05, 0.1) is 6.61 Å². The minimum Gasteiger partial charge on any atom is -0.448 e. The lowest BCUT2D eigenvalue weighted by Crippen LogP contribution is -2.43. The molecule has 3 heterocycles. The lowest BCUT2D eigenvalue weighted by atomic mass is 10.0. The molecule has 0 aliphatic carbocycles. The molecule has 2 aromatic heterocycles. The average Bonchev–Trinajstić information content (AvgIpc) is 3.43. The molecule has 0 bridgehead atoms. The third kappa shape index (κ3) is 7.58. The third-order valence-corrected chi connectivity index (χ3v) is 8.24. The molecule has 3 N–H and O–H groups in total. The molecule has 11 nitrogen and oxygen atoms in total. The number of amidine groups is 1. The molecule has 1 aliphatic heterocycles. The smallest absolute Gasteiger partial charge is 0.435 e. The van der Waals surface area contributed by atoms with E-state index in [0.29, 0.717) is 23.6 Å². The predicted octanol–water partition coefficient (Wildman–Crippen LogP) is 5.75. The Balaban J connectivity index is 1.41. The minimum absolute atomic E-state index is 0.0365. The number of nitrogens with one attached hydrogen (secondary N) is 1. The number of fused-ring (bicyclic) bond motifs is 2. The Kier molecular flexibility index (Phi) is 9.44. The van der Waals surface area contributed by atoms with Gasteiger partial charge in [-0.25, -0.2) is 14.8 Å². The quantitative estimate of drug-likeness (QED) is 0.155. The fourth-order valence-corrected chi connectivity index (χ4v) is 5.78. The van der Waals surface area contributed by atoms with E-state index >= 15 is 0 Å². The summed E-state index contributed by atoms with van der Waals surface area (Å²) in [7, 11) is 2.10.